The first-order valence-electron chi connectivity index (χ1n) is 12.8. The molecule has 0 aliphatic carbocycles. The van der Waals surface area contributed by atoms with E-state index in [-0.39, 0.29) is 0 Å². The first-order valence-corrected chi connectivity index (χ1v) is 14.4. The van der Waals surface area contributed by atoms with E-state index in [1.807, 2.05) is 36.4 Å². The molecule has 2 aromatic rings. The lowest BCUT2D eigenvalue weighted by molar-refractivity contribution is 0.279. The Morgan fingerprint density at radius 3 is 0.882 bits per heavy atom. The fourth-order valence-electron chi connectivity index (χ4n) is 3.98. The molecule has 0 unspecified atom stereocenters. The molecule has 0 amide bonds. The van der Waals surface area contributed by atoms with E-state index in [0.717, 1.165) is 84.1 Å². The van der Waals surface area contributed by atoms with E-state index in [1.54, 1.807) is 0 Å². The average molecular weight is 598 g/mol. The van der Waals surface area contributed by atoms with Gasteiger partial charge in [-0.3, -0.25) is 0 Å². The molecule has 0 saturated carbocycles. The number of fused-ring (bicyclic) bond motifs is 4. The predicted octanol–water partition coefficient (Wildman–Crippen LogP) is 9.12. The zero-order valence-electron chi connectivity index (χ0n) is 20.2. The maximum absolute atomic E-state index is 6.01. The van der Waals surface area contributed by atoms with Crippen LogP contribution in [0.2, 0.25) is 0 Å². The van der Waals surface area contributed by atoms with Crippen molar-refractivity contribution in [3.05, 3.63) is 45.3 Å². The zero-order valence-corrected chi connectivity index (χ0v) is 23.3. The first kappa shape index (κ1) is 27.2. The number of hydrogen-bond acceptors (Lipinski definition) is 4. The maximum atomic E-state index is 6.01. The number of benzene rings is 2. The molecular formula is C28H38Br2O4. The van der Waals surface area contributed by atoms with E-state index in [0.29, 0.717) is 0 Å². The Balaban J connectivity index is 1.47. The summed E-state index contributed by atoms with van der Waals surface area (Å²) in [5.41, 5.74) is 0. The van der Waals surface area contributed by atoms with Crippen LogP contribution in [-0.2, 0) is 0 Å². The van der Waals surface area contributed by atoms with Crippen LogP contribution in [0.5, 0.6) is 23.0 Å². The smallest absolute Gasteiger partial charge is 0.137 e. The Hall–Kier alpha value is -1.40. The molecule has 0 aromatic heterocycles. The number of rotatable bonds is 0. The summed E-state index contributed by atoms with van der Waals surface area (Å²) in [7, 11) is 0. The summed E-state index contributed by atoms with van der Waals surface area (Å²) in [6.07, 6.45) is 13.9. The summed E-state index contributed by atoms with van der Waals surface area (Å²) in [4.78, 5) is 0. The molecule has 1 aliphatic heterocycles. The molecule has 1 aliphatic rings. The van der Waals surface area contributed by atoms with Crippen molar-refractivity contribution >= 4 is 31.9 Å². The molecule has 0 N–H and O–H groups in total. The summed E-state index contributed by atoms with van der Waals surface area (Å²) >= 11 is 7.32. The third kappa shape index (κ3) is 9.69. The summed E-state index contributed by atoms with van der Waals surface area (Å²) < 4.78 is 25.9. The minimum absolute atomic E-state index is 0.734. The third-order valence-electron chi connectivity index (χ3n) is 5.96. The van der Waals surface area contributed by atoms with Crippen LogP contribution in [0.3, 0.4) is 0 Å². The molecule has 0 fully saturated rings. The Morgan fingerprint density at radius 1 is 0.382 bits per heavy atom. The topological polar surface area (TPSA) is 36.9 Å². The molecule has 0 atom stereocenters. The summed E-state index contributed by atoms with van der Waals surface area (Å²) in [6.45, 7) is 2.93. The summed E-state index contributed by atoms with van der Waals surface area (Å²) in [5.74, 6) is 3.48. The summed E-state index contributed by atoms with van der Waals surface area (Å²) in [6, 6.07) is 12.0. The van der Waals surface area contributed by atoms with Crippen molar-refractivity contribution in [3.63, 3.8) is 0 Å². The van der Waals surface area contributed by atoms with Crippen LogP contribution in [-0.4, -0.2) is 26.4 Å². The second-order valence-corrected chi connectivity index (χ2v) is 10.4. The highest BCUT2D eigenvalue weighted by molar-refractivity contribution is 9.11. The van der Waals surface area contributed by atoms with Gasteiger partial charge in [0.25, 0.3) is 0 Å². The molecule has 3 rings (SSSR count). The van der Waals surface area contributed by atoms with Crippen LogP contribution in [0.1, 0.15) is 77.0 Å². The number of hydrogen-bond donors (Lipinski definition) is 0. The molecule has 0 saturated heterocycles. The Morgan fingerprint density at radius 2 is 0.618 bits per heavy atom. The van der Waals surface area contributed by atoms with Crippen molar-refractivity contribution in [2.45, 2.75) is 77.0 Å². The zero-order chi connectivity index (χ0) is 23.8. The lowest BCUT2D eigenvalue weighted by atomic mass is 10.1. The first-order chi connectivity index (χ1) is 16.8. The highest BCUT2D eigenvalue weighted by atomic mass is 79.9. The van der Waals surface area contributed by atoms with Gasteiger partial charge in [0.1, 0.15) is 31.9 Å². The van der Waals surface area contributed by atoms with Gasteiger partial charge < -0.3 is 18.9 Å². The Labute approximate surface area is 222 Å². The van der Waals surface area contributed by atoms with Gasteiger partial charge in [-0.1, -0.05) is 63.5 Å². The van der Waals surface area contributed by atoms with Crippen molar-refractivity contribution in [2.75, 3.05) is 26.4 Å². The van der Waals surface area contributed by atoms with E-state index >= 15 is 0 Å². The minimum atomic E-state index is 0.734. The van der Waals surface area contributed by atoms with Gasteiger partial charge in [-0.05, 0) is 81.8 Å². The van der Waals surface area contributed by atoms with Gasteiger partial charge in [0.2, 0.25) is 0 Å². The van der Waals surface area contributed by atoms with Crippen molar-refractivity contribution in [1.29, 1.82) is 0 Å². The predicted molar refractivity (Wildman–Crippen MR) is 146 cm³/mol. The Bertz CT molecular complexity index is 713. The van der Waals surface area contributed by atoms with Crippen LogP contribution in [0.4, 0.5) is 0 Å². The molecule has 6 heteroatoms. The molecule has 0 spiro atoms. The van der Waals surface area contributed by atoms with E-state index in [1.165, 1.54) is 51.4 Å². The van der Waals surface area contributed by atoms with E-state index in [9.17, 15) is 0 Å². The van der Waals surface area contributed by atoms with Gasteiger partial charge in [-0.15, -0.1) is 0 Å². The van der Waals surface area contributed by atoms with Crippen LogP contribution in [0, 0.1) is 0 Å². The van der Waals surface area contributed by atoms with E-state index < -0.39 is 0 Å². The van der Waals surface area contributed by atoms with Gasteiger partial charge in [-0.2, -0.15) is 0 Å². The van der Waals surface area contributed by atoms with Gasteiger partial charge in [0.05, 0.1) is 26.4 Å². The van der Waals surface area contributed by atoms with Gasteiger partial charge in [-0.25, -0.2) is 0 Å². The highest BCUT2D eigenvalue weighted by Gasteiger charge is 2.09. The molecular weight excluding hydrogens is 560 g/mol. The monoisotopic (exact) mass is 596 g/mol. The fourth-order valence-corrected chi connectivity index (χ4v) is 4.96. The number of halogens is 2. The van der Waals surface area contributed by atoms with Crippen molar-refractivity contribution < 1.29 is 18.9 Å². The SMILES string of the molecule is Brc1c2cccc1OCCCCCCCCOc1cccc(c1Br)OCCCCCCCCO2. The molecule has 4 nitrogen and oxygen atoms in total. The van der Waals surface area contributed by atoms with Crippen LogP contribution >= 0.6 is 31.9 Å². The number of ether oxygens (including phenoxy) is 4. The molecule has 0 radical (unpaired) electrons. The van der Waals surface area contributed by atoms with Gasteiger partial charge in [0.15, 0.2) is 0 Å². The highest BCUT2D eigenvalue weighted by Crippen LogP contribution is 2.35. The van der Waals surface area contributed by atoms with Crippen LogP contribution in [0.15, 0.2) is 45.3 Å². The largest absolute Gasteiger partial charge is 0.492 e. The lowest BCUT2D eigenvalue weighted by Crippen LogP contribution is -2.02. The minimum Gasteiger partial charge on any atom is -0.492 e. The Kier molecular flexibility index (Phi) is 13.0. The molecule has 4 bridgehead atoms. The quantitative estimate of drug-likeness (QED) is 0.303. The normalized spacial score (nSPS) is 17.9. The van der Waals surface area contributed by atoms with Crippen LogP contribution < -0.4 is 18.9 Å². The second kappa shape index (κ2) is 16.3. The van der Waals surface area contributed by atoms with Crippen molar-refractivity contribution in [3.8, 4) is 23.0 Å². The van der Waals surface area contributed by atoms with Gasteiger partial charge >= 0.3 is 0 Å². The van der Waals surface area contributed by atoms with Gasteiger partial charge in [0, 0.05) is 0 Å². The average Bonchev–Trinajstić information content (AvgIpc) is 2.84. The van der Waals surface area contributed by atoms with E-state index in [2.05, 4.69) is 31.9 Å². The van der Waals surface area contributed by atoms with Crippen molar-refractivity contribution in [1.82, 2.24) is 0 Å². The summed E-state index contributed by atoms with van der Waals surface area (Å²) in [5, 5.41) is 0. The molecule has 1 heterocycles. The second-order valence-electron chi connectivity index (χ2n) is 8.77. The lowest BCUT2D eigenvalue weighted by Gasteiger charge is -2.13. The molecule has 188 valence electrons. The molecule has 34 heavy (non-hydrogen) atoms. The standard InChI is InChI=1S/C28H38Br2O4/c29-27-23-15-13-17-25(27)33-21-11-7-3-4-8-12-22-34-26-18-14-16-24(28(26)30)32-20-10-6-2-1-5-9-19-31-23/h13-18H,1-12,19-22H2. The van der Waals surface area contributed by atoms with Crippen molar-refractivity contribution in [2.24, 2.45) is 0 Å². The van der Waals surface area contributed by atoms with Crippen LogP contribution in [0.25, 0.3) is 0 Å². The third-order valence-corrected chi connectivity index (χ3v) is 7.53. The molecule has 2 aromatic carbocycles. The van der Waals surface area contributed by atoms with E-state index in [4.69, 9.17) is 18.9 Å². The fraction of sp³-hybridized carbons (Fsp3) is 0.571. The maximum Gasteiger partial charge on any atom is 0.137 e.